The zero-order valence-corrected chi connectivity index (χ0v) is 11.1. The summed E-state index contributed by atoms with van der Waals surface area (Å²) in [6, 6.07) is 7.38. The maximum Gasteiger partial charge on any atom is 0.162 e. The van der Waals surface area contributed by atoms with E-state index in [1.807, 2.05) is 38.1 Å². The predicted molar refractivity (Wildman–Crippen MR) is 76.4 cm³/mol. The molecule has 0 amide bonds. The summed E-state index contributed by atoms with van der Waals surface area (Å²) >= 11 is 0. The first-order valence-corrected chi connectivity index (χ1v) is 6.02. The fourth-order valence-electron chi connectivity index (χ4n) is 1.75. The molecule has 19 heavy (non-hydrogen) atoms. The first-order chi connectivity index (χ1) is 9.11. The van der Waals surface area contributed by atoms with Gasteiger partial charge in [0.05, 0.1) is 11.4 Å². The van der Waals surface area contributed by atoms with Gasteiger partial charge >= 0.3 is 0 Å². The van der Waals surface area contributed by atoms with Crippen LogP contribution in [0.5, 0.6) is 0 Å². The molecule has 0 saturated heterocycles. The lowest BCUT2D eigenvalue weighted by Crippen LogP contribution is -2.11. The van der Waals surface area contributed by atoms with E-state index >= 15 is 0 Å². The number of rotatable bonds is 4. The van der Waals surface area contributed by atoms with Gasteiger partial charge in [0.2, 0.25) is 0 Å². The van der Waals surface area contributed by atoms with Crippen LogP contribution in [-0.2, 0) is 9.63 Å². The molecule has 0 unspecified atom stereocenters. The van der Waals surface area contributed by atoms with Crippen LogP contribution in [-0.4, -0.2) is 12.5 Å². The third-order valence-electron chi connectivity index (χ3n) is 3.15. The van der Waals surface area contributed by atoms with E-state index in [1.54, 1.807) is 6.08 Å². The van der Waals surface area contributed by atoms with E-state index in [1.165, 1.54) is 0 Å². The number of hydrogen-bond donors (Lipinski definition) is 1. The lowest BCUT2D eigenvalue weighted by Gasteiger charge is -2.17. The second-order valence-corrected chi connectivity index (χ2v) is 4.35. The molecule has 0 bridgehead atoms. The summed E-state index contributed by atoms with van der Waals surface area (Å²) in [5.41, 5.74) is 6.10. The molecule has 1 aliphatic carbocycles. The molecule has 0 radical (unpaired) electrons. The van der Waals surface area contributed by atoms with E-state index in [-0.39, 0.29) is 5.78 Å². The number of hydrogen-bond acceptors (Lipinski definition) is 4. The molecule has 1 aromatic rings. The van der Waals surface area contributed by atoms with Gasteiger partial charge in [-0.25, -0.2) is 5.48 Å². The van der Waals surface area contributed by atoms with Crippen molar-refractivity contribution in [2.24, 2.45) is 4.99 Å². The molecule has 0 fully saturated rings. The number of anilines is 1. The highest BCUT2D eigenvalue weighted by atomic mass is 16.6. The summed E-state index contributed by atoms with van der Waals surface area (Å²) in [6.07, 6.45) is 2.18. The van der Waals surface area contributed by atoms with Crippen molar-refractivity contribution in [1.82, 2.24) is 0 Å². The number of Topliss-reactive ketones (excluding diaryl/α,β-unsaturated/α-hetero) is 1. The standard InChI is InChI=1S/C15H16N2O2/c1-10-11(2)15(9-8-14(10)18)19-17-13-6-4-12(16-3)5-7-13/h4-7,9,17H,3,8H2,1-2H3. The van der Waals surface area contributed by atoms with Crippen molar-refractivity contribution in [2.45, 2.75) is 20.3 Å². The van der Waals surface area contributed by atoms with Crippen LogP contribution in [0.15, 0.2) is 52.2 Å². The van der Waals surface area contributed by atoms with Gasteiger partial charge in [0, 0.05) is 12.0 Å². The molecular formula is C15H16N2O2. The number of aliphatic imine (C=N–C) groups is 1. The van der Waals surface area contributed by atoms with Crippen LogP contribution in [0.4, 0.5) is 11.4 Å². The second-order valence-electron chi connectivity index (χ2n) is 4.35. The molecule has 0 saturated carbocycles. The van der Waals surface area contributed by atoms with Crippen molar-refractivity contribution in [2.75, 3.05) is 5.48 Å². The topological polar surface area (TPSA) is 50.7 Å². The molecule has 1 N–H and O–H groups in total. The van der Waals surface area contributed by atoms with Gasteiger partial charge in [0.25, 0.3) is 0 Å². The number of benzene rings is 1. The zero-order chi connectivity index (χ0) is 13.8. The Balaban J connectivity index is 2.03. The third kappa shape index (κ3) is 2.91. The number of nitrogens with one attached hydrogen (secondary N) is 1. The minimum absolute atomic E-state index is 0.145. The first kappa shape index (κ1) is 13.1. The molecule has 98 valence electrons. The Bertz CT molecular complexity index is 568. The molecule has 0 atom stereocenters. The maximum absolute atomic E-state index is 11.5. The average Bonchev–Trinajstić information content (AvgIpc) is 2.45. The summed E-state index contributed by atoms with van der Waals surface area (Å²) in [4.78, 5) is 20.8. The van der Waals surface area contributed by atoms with E-state index in [0.717, 1.165) is 22.5 Å². The highest BCUT2D eigenvalue weighted by molar-refractivity contribution is 5.98. The normalized spacial score (nSPS) is 15.1. The SMILES string of the molecule is C=Nc1ccc(NOC2=CCC(=O)C(C)=C2C)cc1. The van der Waals surface area contributed by atoms with Gasteiger partial charge in [-0.3, -0.25) is 9.79 Å². The largest absolute Gasteiger partial charge is 0.382 e. The summed E-state index contributed by atoms with van der Waals surface area (Å²) < 4.78 is 0. The fraction of sp³-hybridized carbons (Fsp3) is 0.200. The van der Waals surface area contributed by atoms with Crippen LogP contribution in [0.2, 0.25) is 0 Å². The van der Waals surface area contributed by atoms with E-state index < -0.39 is 0 Å². The average molecular weight is 256 g/mol. The second kappa shape index (κ2) is 5.52. The van der Waals surface area contributed by atoms with Gasteiger partial charge in [-0.15, -0.1) is 0 Å². The van der Waals surface area contributed by atoms with Crippen molar-refractivity contribution in [1.29, 1.82) is 0 Å². The number of carbonyl (C=O) groups excluding carboxylic acids is 1. The third-order valence-corrected chi connectivity index (χ3v) is 3.15. The zero-order valence-electron chi connectivity index (χ0n) is 11.1. The minimum Gasteiger partial charge on any atom is -0.382 e. The van der Waals surface area contributed by atoms with E-state index in [0.29, 0.717) is 12.2 Å². The maximum atomic E-state index is 11.5. The first-order valence-electron chi connectivity index (χ1n) is 6.02. The van der Waals surface area contributed by atoms with Crippen molar-refractivity contribution in [3.63, 3.8) is 0 Å². The quantitative estimate of drug-likeness (QED) is 0.662. The predicted octanol–water partition coefficient (Wildman–Crippen LogP) is 3.56. The molecule has 0 spiro atoms. The van der Waals surface area contributed by atoms with Gasteiger partial charge in [-0.05, 0) is 56.5 Å². The van der Waals surface area contributed by atoms with E-state index in [4.69, 9.17) is 4.84 Å². The molecule has 0 aromatic heterocycles. The number of carbonyl (C=O) groups is 1. The Hall–Kier alpha value is -2.36. The van der Waals surface area contributed by atoms with Crippen LogP contribution < -0.4 is 5.48 Å². The van der Waals surface area contributed by atoms with Crippen LogP contribution in [0, 0.1) is 0 Å². The highest BCUT2D eigenvalue weighted by Crippen LogP contribution is 2.24. The molecule has 2 rings (SSSR count). The fourth-order valence-corrected chi connectivity index (χ4v) is 1.75. The van der Waals surface area contributed by atoms with Gasteiger partial charge in [0.1, 0.15) is 0 Å². The van der Waals surface area contributed by atoms with Crippen LogP contribution >= 0.6 is 0 Å². The molecule has 4 nitrogen and oxygen atoms in total. The van der Waals surface area contributed by atoms with Gasteiger partial charge in [-0.1, -0.05) is 0 Å². The van der Waals surface area contributed by atoms with Gasteiger partial charge in [0.15, 0.2) is 11.5 Å². The lowest BCUT2D eigenvalue weighted by molar-refractivity contribution is -0.115. The minimum atomic E-state index is 0.145. The Morgan fingerprint density at radius 2 is 1.89 bits per heavy atom. The summed E-state index contributed by atoms with van der Waals surface area (Å²) in [5.74, 6) is 0.842. The van der Waals surface area contributed by atoms with Gasteiger partial charge < -0.3 is 4.84 Å². The van der Waals surface area contributed by atoms with Gasteiger partial charge in [-0.2, -0.15) is 0 Å². The summed E-state index contributed by atoms with van der Waals surface area (Å²) in [5, 5.41) is 0. The number of nitrogens with zero attached hydrogens (tertiary/aromatic N) is 1. The lowest BCUT2D eigenvalue weighted by atomic mass is 9.97. The number of allylic oxidation sites excluding steroid dienone is 3. The Kier molecular flexibility index (Phi) is 3.80. The molecule has 0 aliphatic heterocycles. The Morgan fingerprint density at radius 3 is 2.53 bits per heavy atom. The van der Waals surface area contributed by atoms with Crippen LogP contribution in [0.3, 0.4) is 0 Å². The van der Waals surface area contributed by atoms with Crippen molar-refractivity contribution >= 4 is 23.9 Å². The Morgan fingerprint density at radius 1 is 1.21 bits per heavy atom. The Labute approximate surface area is 112 Å². The molecule has 1 aromatic carbocycles. The van der Waals surface area contributed by atoms with Crippen molar-refractivity contribution in [3.8, 4) is 0 Å². The van der Waals surface area contributed by atoms with Crippen LogP contribution in [0.25, 0.3) is 0 Å². The summed E-state index contributed by atoms with van der Waals surface area (Å²) in [7, 11) is 0. The van der Waals surface area contributed by atoms with Crippen molar-refractivity contribution in [3.05, 3.63) is 47.2 Å². The van der Waals surface area contributed by atoms with Crippen molar-refractivity contribution < 1.29 is 9.63 Å². The molecule has 1 aliphatic rings. The van der Waals surface area contributed by atoms with Crippen LogP contribution in [0.1, 0.15) is 20.3 Å². The monoisotopic (exact) mass is 256 g/mol. The van der Waals surface area contributed by atoms with E-state index in [9.17, 15) is 4.79 Å². The molecule has 4 heteroatoms. The molecular weight excluding hydrogens is 240 g/mol. The van der Waals surface area contributed by atoms with E-state index in [2.05, 4.69) is 17.2 Å². The smallest absolute Gasteiger partial charge is 0.162 e. The molecule has 0 heterocycles. The number of ketones is 1. The summed E-state index contributed by atoms with van der Waals surface area (Å²) in [6.45, 7) is 7.15. The highest BCUT2D eigenvalue weighted by Gasteiger charge is 2.17.